The standard InChI is InChI=1S/C15H19N3O2/c19-14(17-12-5-6-12)10-7-8-16-13(9-10)15(20)18-11-3-1-2-4-11/h7-9,11-12H,1-6H2,(H,17,19)(H,18,20). The molecule has 1 aromatic rings. The number of nitrogens with one attached hydrogen (secondary N) is 2. The highest BCUT2D eigenvalue weighted by Crippen LogP contribution is 2.20. The Morgan fingerprint density at radius 2 is 1.65 bits per heavy atom. The average molecular weight is 273 g/mol. The Morgan fingerprint density at radius 3 is 2.35 bits per heavy atom. The minimum Gasteiger partial charge on any atom is -0.349 e. The van der Waals surface area contributed by atoms with Gasteiger partial charge >= 0.3 is 0 Å². The van der Waals surface area contributed by atoms with E-state index in [4.69, 9.17) is 0 Å². The molecule has 5 nitrogen and oxygen atoms in total. The molecule has 0 aromatic carbocycles. The van der Waals surface area contributed by atoms with Gasteiger partial charge in [0.2, 0.25) is 0 Å². The van der Waals surface area contributed by atoms with Crippen molar-refractivity contribution in [1.82, 2.24) is 15.6 Å². The summed E-state index contributed by atoms with van der Waals surface area (Å²) < 4.78 is 0. The summed E-state index contributed by atoms with van der Waals surface area (Å²) in [7, 11) is 0. The van der Waals surface area contributed by atoms with Gasteiger partial charge < -0.3 is 10.6 Å². The van der Waals surface area contributed by atoms with Crippen LogP contribution in [0.3, 0.4) is 0 Å². The molecule has 2 aliphatic carbocycles. The highest BCUT2D eigenvalue weighted by molar-refractivity contribution is 5.98. The van der Waals surface area contributed by atoms with Crippen molar-refractivity contribution in [1.29, 1.82) is 0 Å². The molecule has 0 atom stereocenters. The van der Waals surface area contributed by atoms with Crippen molar-refractivity contribution in [3.63, 3.8) is 0 Å². The van der Waals surface area contributed by atoms with Gasteiger partial charge in [-0.25, -0.2) is 0 Å². The third-order valence-corrected chi connectivity index (χ3v) is 3.86. The van der Waals surface area contributed by atoms with Crippen LogP contribution in [0.5, 0.6) is 0 Å². The first-order valence-corrected chi connectivity index (χ1v) is 7.30. The number of rotatable bonds is 4. The smallest absolute Gasteiger partial charge is 0.270 e. The number of hydrogen-bond acceptors (Lipinski definition) is 3. The summed E-state index contributed by atoms with van der Waals surface area (Å²) in [5.74, 6) is -0.303. The Bertz CT molecular complexity index is 520. The molecule has 2 amide bonds. The van der Waals surface area contributed by atoms with Crippen molar-refractivity contribution in [2.24, 2.45) is 0 Å². The molecule has 2 fully saturated rings. The lowest BCUT2D eigenvalue weighted by Crippen LogP contribution is -2.33. The van der Waals surface area contributed by atoms with E-state index >= 15 is 0 Å². The van der Waals surface area contributed by atoms with Gasteiger partial charge in [-0.05, 0) is 37.8 Å². The van der Waals surface area contributed by atoms with Gasteiger partial charge in [0.1, 0.15) is 5.69 Å². The maximum Gasteiger partial charge on any atom is 0.270 e. The molecule has 106 valence electrons. The Hall–Kier alpha value is -1.91. The molecule has 5 heteroatoms. The van der Waals surface area contributed by atoms with Gasteiger partial charge in [-0.3, -0.25) is 14.6 Å². The topological polar surface area (TPSA) is 71.1 Å². The fourth-order valence-corrected chi connectivity index (χ4v) is 2.52. The summed E-state index contributed by atoms with van der Waals surface area (Å²) in [5, 5.41) is 5.89. The molecule has 0 radical (unpaired) electrons. The Balaban J connectivity index is 1.66. The van der Waals surface area contributed by atoms with E-state index < -0.39 is 0 Å². The van der Waals surface area contributed by atoms with Gasteiger partial charge in [0.05, 0.1) is 0 Å². The molecule has 1 aromatic heterocycles. The normalized spacial score (nSPS) is 18.8. The van der Waals surface area contributed by atoms with Crippen molar-refractivity contribution < 1.29 is 9.59 Å². The zero-order valence-electron chi connectivity index (χ0n) is 11.4. The van der Waals surface area contributed by atoms with Gasteiger partial charge in [-0.1, -0.05) is 12.8 Å². The summed E-state index contributed by atoms with van der Waals surface area (Å²) in [6.07, 6.45) is 8.02. The predicted octanol–water partition coefficient (Wildman–Crippen LogP) is 1.65. The lowest BCUT2D eigenvalue weighted by Gasteiger charge is -2.11. The number of carbonyl (C=O) groups excluding carboxylic acids is 2. The first-order chi connectivity index (χ1) is 9.72. The maximum atomic E-state index is 12.1. The lowest BCUT2D eigenvalue weighted by atomic mass is 10.2. The zero-order chi connectivity index (χ0) is 13.9. The zero-order valence-corrected chi connectivity index (χ0v) is 11.4. The van der Waals surface area contributed by atoms with Crippen LogP contribution >= 0.6 is 0 Å². The van der Waals surface area contributed by atoms with Gasteiger partial charge in [0.15, 0.2) is 0 Å². The summed E-state index contributed by atoms with van der Waals surface area (Å²) >= 11 is 0. The minimum absolute atomic E-state index is 0.121. The molecule has 0 spiro atoms. The number of carbonyl (C=O) groups is 2. The summed E-state index contributed by atoms with van der Waals surface area (Å²) in [5.41, 5.74) is 0.823. The molecule has 2 aliphatic rings. The Labute approximate surface area is 118 Å². The van der Waals surface area contributed by atoms with E-state index in [1.165, 1.54) is 19.0 Å². The third-order valence-electron chi connectivity index (χ3n) is 3.86. The van der Waals surface area contributed by atoms with Crippen LogP contribution < -0.4 is 10.6 Å². The second-order valence-corrected chi connectivity index (χ2v) is 5.63. The number of hydrogen-bond donors (Lipinski definition) is 2. The molecule has 0 saturated heterocycles. The first-order valence-electron chi connectivity index (χ1n) is 7.30. The highest BCUT2D eigenvalue weighted by atomic mass is 16.2. The second kappa shape index (κ2) is 5.61. The maximum absolute atomic E-state index is 12.1. The van der Waals surface area contributed by atoms with Crippen molar-refractivity contribution in [2.75, 3.05) is 0 Å². The Morgan fingerprint density at radius 1 is 1.00 bits per heavy atom. The number of amides is 2. The van der Waals surface area contributed by atoms with Crippen LogP contribution in [0.15, 0.2) is 18.3 Å². The largest absolute Gasteiger partial charge is 0.349 e. The molecular weight excluding hydrogens is 254 g/mol. The predicted molar refractivity (Wildman–Crippen MR) is 74.4 cm³/mol. The van der Waals surface area contributed by atoms with Crippen LogP contribution in [0.1, 0.15) is 59.4 Å². The SMILES string of the molecule is O=C(NC1CC1)c1ccnc(C(=O)NC2CCCC2)c1. The molecule has 20 heavy (non-hydrogen) atoms. The quantitative estimate of drug-likeness (QED) is 0.876. The highest BCUT2D eigenvalue weighted by Gasteiger charge is 2.24. The number of aromatic nitrogens is 1. The average Bonchev–Trinajstić information content (AvgIpc) is 3.12. The summed E-state index contributed by atoms with van der Waals surface area (Å²) in [4.78, 5) is 28.1. The number of nitrogens with zero attached hydrogens (tertiary/aromatic N) is 1. The third kappa shape index (κ3) is 3.15. The fraction of sp³-hybridized carbons (Fsp3) is 0.533. The van der Waals surface area contributed by atoms with E-state index in [9.17, 15) is 9.59 Å². The number of pyridine rings is 1. The van der Waals surface area contributed by atoms with Crippen molar-refractivity contribution in [3.8, 4) is 0 Å². The summed E-state index contributed by atoms with van der Waals surface area (Å²) in [6, 6.07) is 3.78. The van der Waals surface area contributed by atoms with Gasteiger partial charge in [-0.2, -0.15) is 0 Å². The first kappa shape index (κ1) is 13.1. The van der Waals surface area contributed by atoms with Gasteiger partial charge in [-0.15, -0.1) is 0 Å². The van der Waals surface area contributed by atoms with Crippen molar-refractivity contribution in [3.05, 3.63) is 29.6 Å². The molecule has 1 heterocycles. The Kier molecular flexibility index (Phi) is 3.67. The van der Waals surface area contributed by atoms with Gasteiger partial charge in [0.25, 0.3) is 11.8 Å². The monoisotopic (exact) mass is 273 g/mol. The molecule has 0 aliphatic heterocycles. The van der Waals surface area contributed by atoms with E-state index in [1.54, 1.807) is 12.1 Å². The van der Waals surface area contributed by atoms with E-state index in [-0.39, 0.29) is 17.9 Å². The van der Waals surface area contributed by atoms with Crippen LogP contribution in [0.25, 0.3) is 0 Å². The van der Waals surface area contributed by atoms with Crippen LogP contribution in [0.2, 0.25) is 0 Å². The van der Waals surface area contributed by atoms with Crippen LogP contribution in [0, 0.1) is 0 Å². The molecular formula is C15H19N3O2. The van der Waals surface area contributed by atoms with E-state index in [2.05, 4.69) is 15.6 Å². The van der Waals surface area contributed by atoms with Gasteiger partial charge in [0, 0.05) is 23.8 Å². The molecule has 2 saturated carbocycles. The summed E-state index contributed by atoms with van der Waals surface area (Å²) in [6.45, 7) is 0. The van der Waals surface area contributed by atoms with Crippen LogP contribution in [0.4, 0.5) is 0 Å². The molecule has 0 bridgehead atoms. The molecule has 0 unspecified atom stereocenters. The lowest BCUT2D eigenvalue weighted by molar-refractivity contribution is 0.0933. The molecule has 3 rings (SSSR count). The fourth-order valence-electron chi connectivity index (χ4n) is 2.52. The minimum atomic E-state index is -0.182. The van der Waals surface area contributed by atoms with Crippen molar-refractivity contribution >= 4 is 11.8 Å². The van der Waals surface area contributed by atoms with Crippen molar-refractivity contribution in [2.45, 2.75) is 50.6 Å². The van der Waals surface area contributed by atoms with E-state index in [0.29, 0.717) is 17.3 Å². The van der Waals surface area contributed by atoms with E-state index in [1.807, 2.05) is 0 Å². The van der Waals surface area contributed by atoms with E-state index in [0.717, 1.165) is 25.7 Å². The second-order valence-electron chi connectivity index (χ2n) is 5.63. The van der Waals surface area contributed by atoms with Crippen LogP contribution in [-0.4, -0.2) is 28.9 Å². The molecule has 2 N–H and O–H groups in total. The van der Waals surface area contributed by atoms with Crippen LogP contribution in [-0.2, 0) is 0 Å².